The van der Waals surface area contributed by atoms with E-state index in [0.717, 1.165) is 37.6 Å². The third kappa shape index (κ3) is 2.83. The van der Waals surface area contributed by atoms with Crippen molar-refractivity contribution >= 4 is 22.7 Å². The molecule has 3 heterocycles. The summed E-state index contributed by atoms with van der Waals surface area (Å²) in [4.78, 5) is 18.0. The Hall–Kier alpha value is -2.67. The number of benzene rings is 1. The first kappa shape index (κ1) is 14.0. The Morgan fingerprint density at radius 1 is 1.13 bits per heavy atom. The van der Waals surface area contributed by atoms with Crippen molar-refractivity contribution in [3.63, 3.8) is 0 Å². The van der Waals surface area contributed by atoms with Gasteiger partial charge in [-0.25, -0.2) is 15.0 Å². The molecule has 0 spiro atoms. The van der Waals surface area contributed by atoms with E-state index in [9.17, 15) is 0 Å². The number of para-hydroxylation sites is 1. The van der Waals surface area contributed by atoms with Crippen LogP contribution < -0.4 is 10.2 Å². The first-order chi connectivity index (χ1) is 11.4. The van der Waals surface area contributed by atoms with Gasteiger partial charge < -0.3 is 19.9 Å². The molecule has 0 radical (unpaired) electrons. The van der Waals surface area contributed by atoms with E-state index in [4.69, 9.17) is 4.74 Å². The van der Waals surface area contributed by atoms with E-state index in [1.54, 1.807) is 6.33 Å². The van der Waals surface area contributed by atoms with Crippen molar-refractivity contribution in [2.45, 2.75) is 6.54 Å². The zero-order valence-electron chi connectivity index (χ0n) is 12.7. The van der Waals surface area contributed by atoms with E-state index in [1.165, 1.54) is 17.6 Å². The maximum absolute atomic E-state index is 5.44. The molecule has 1 aliphatic rings. The number of ether oxygens (including phenoxy) is 1. The quantitative estimate of drug-likeness (QED) is 0.765. The topological polar surface area (TPSA) is 79.0 Å². The van der Waals surface area contributed by atoms with Crippen LogP contribution in [0.25, 0.3) is 11.2 Å². The number of aromatic amines is 1. The molecule has 2 aromatic heterocycles. The number of nitrogens with zero attached hydrogens (tertiary/aromatic N) is 4. The van der Waals surface area contributed by atoms with Crippen LogP contribution in [0.2, 0.25) is 0 Å². The summed E-state index contributed by atoms with van der Waals surface area (Å²) in [6.07, 6.45) is 3.16. The summed E-state index contributed by atoms with van der Waals surface area (Å²) >= 11 is 0. The number of hydrogen-bond acceptors (Lipinski definition) is 6. The van der Waals surface area contributed by atoms with Gasteiger partial charge in [-0.3, -0.25) is 0 Å². The maximum Gasteiger partial charge on any atom is 0.182 e. The lowest BCUT2D eigenvalue weighted by Crippen LogP contribution is -2.36. The number of imidazole rings is 1. The number of morpholine rings is 1. The Labute approximate surface area is 133 Å². The molecule has 7 heteroatoms. The third-order valence-electron chi connectivity index (χ3n) is 4.01. The van der Waals surface area contributed by atoms with Gasteiger partial charge in [-0.05, 0) is 11.6 Å². The Kier molecular flexibility index (Phi) is 3.77. The smallest absolute Gasteiger partial charge is 0.182 e. The lowest BCUT2D eigenvalue weighted by molar-refractivity contribution is 0.122. The van der Waals surface area contributed by atoms with Crippen molar-refractivity contribution in [2.75, 3.05) is 36.5 Å². The van der Waals surface area contributed by atoms with Gasteiger partial charge in [-0.15, -0.1) is 0 Å². The molecule has 0 saturated carbocycles. The van der Waals surface area contributed by atoms with E-state index in [1.807, 2.05) is 0 Å². The fourth-order valence-electron chi connectivity index (χ4n) is 2.85. The first-order valence-corrected chi connectivity index (χ1v) is 7.70. The van der Waals surface area contributed by atoms with Crippen LogP contribution in [0.3, 0.4) is 0 Å². The van der Waals surface area contributed by atoms with Crippen molar-refractivity contribution in [2.24, 2.45) is 0 Å². The fraction of sp³-hybridized carbons (Fsp3) is 0.312. The molecule has 0 amide bonds. The summed E-state index contributed by atoms with van der Waals surface area (Å²) in [6.45, 7) is 4.11. The van der Waals surface area contributed by atoms with Crippen LogP contribution in [0.4, 0.5) is 11.5 Å². The minimum absolute atomic E-state index is 0.670. The molecule has 0 unspecified atom stereocenters. The highest BCUT2D eigenvalue weighted by atomic mass is 16.5. The largest absolute Gasteiger partial charge is 0.378 e. The highest BCUT2D eigenvalue weighted by Crippen LogP contribution is 2.23. The first-order valence-electron chi connectivity index (χ1n) is 7.70. The number of H-pyrrole nitrogens is 1. The Bertz CT molecular complexity index is 796. The van der Waals surface area contributed by atoms with Gasteiger partial charge in [0.1, 0.15) is 11.8 Å². The van der Waals surface area contributed by atoms with E-state index in [-0.39, 0.29) is 0 Å². The van der Waals surface area contributed by atoms with Gasteiger partial charge in [0.2, 0.25) is 0 Å². The number of fused-ring (bicyclic) bond motifs is 1. The van der Waals surface area contributed by atoms with Gasteiger partial charge in [0.05, 0.1) is 19.5 Å². The van der Waals surface area contributed by atoms with Crippen LogP contribution in [0.1, 0.15) is 5.56 Å². The van der Waals surface area contributed by atoms with Gasteiger partial charge in [0.25, 0.3) is 0 Å². The predicted molar refractivity (Wildman–Crippen MR) is 88.5 cm³/mol. The van der Waals surface area contributed by atoms with Gasteiger partial charge in [-0.2, -0.15) is 0 Å². The zero-order chi connectivity index (χ0) is 15.5. The van der Waals surface area contributed by atoms with E-state index in [0.29, 0.717) is 12.2 Å². The summed E-state index contributed by atoms with van der Waals surface area (Å²) in [5.41, 5.74) is 3.99. The summed E-state index contributed by atoms with van der Waals surface area (Å²) < 4.78 is 5.44. The van der Waals surface area contributed by atoms with Crippen LogP contribution in [-0.4, -0.2) is 46.2 Å². The van der Waals surface area contributed by atoms with Crippen LogP contribution in [0.5, 0.6) is 0 Å². The average molecular weight is 310 g/mol. The van der Waals surface area contributed by atoms with Crippen LogP contribution in [-0.2, 0) is 11.3 Å². The summed E-state index contributed by atoms with van der Waals surface area (Å²) in [7, 11) is 0. The second kappa shape index (κ2) is 6.21. The molecule has 1 aromatic carbocycles. The van der Waals surface area contributed by atoms with Crippen molar-refractivity contribution in [3.05, 3.63) is 42.5 Å². The van der Waals surface area contributed by atoms with Crippen LogP contribution in [0, 0.1) is 0 Å². The Morgan fingerprint density at radius 3 is 2.91 bits per heavy atom. The SMILES string of the molecule is c1ccc(N2CCOCC2)c(CNc2ncnc3nc[nH]c23)c1. The molecule has 1 fully saturated rings. The number of rotatable bonds is 4. The number of hydrogen-bond donors (Lipinski definition) is 2. The molecule has 2 N–H and O–H groups in total. The summed E-state index contributed by atoms with van der Waals surface area (Å²) in [5, 5.41) is 3.39. The van der Waals surface area contributed by atoms with E-state index >= 15 is 0 Å². The third-order valence-corrected chi connectivity index (χ3v) is 4.01. The normalized spacial score (nSPS) is 15.0. The second-order valence-corrected chi connectivity index (χ2v) is 5.41. The molecule has 1 aliphatic heterocycles. The van der Waals surface area contributed by atoms with Gasteiger partial charge in [0.15, 0.2) is 11.5 Å². The molecular weight excluding hydrogens is 292 g/mol. The van der Waals surface area contributed by atoms with Crippen LogP contribution in [0.15, 0.2) is 36.9 Å². The Morgan fingerprint density at radius 2 is 2.00 bits per heavy atom. The van der Waals surface area contributed by atoms with E-state index in [2.05, 4.69) is 54.4 Å². The molecular formula is C16H18N6O. The molecule has 4 rings (SSSR count). The molecule has 0 aliphatic carbocycles. The summed E-state index contributed by atoms with van der Waals surface area (Å²) in [5.74, 6) is 0.768. The molecule has 3 aromatic rings. The fourth-order valence-corrected chi connectivity index (χ4v) is 2.85. The monoisotopic (exact) mass is 310 g/mol. The molecule has 118 valence electrons. The minimum atomic E-state index is 0.670. The zero-order valence-corrected chi connectivity index (χ0v) is 12.7. The van der Waals surface area contributed by atoms with E-state index < -0.39 is 0 Å². The predicted octanol–water partition coefficient (Wildman–Crippen LogP) is 1.80. The molecule has 23 heavy (non-hydrogen) atoms. The van der Waals surface area contributed by atoms with Crippen molar-refractivity contribution in [3.8, 4) is 0 Å². The van der Waals surface area contributed by atoms with Gasteiger partial charge in [0, 0.05) is 25.3 Å². The van der Waals surface area contributed by atoms with Crippen molar-refractivity contribution < 1.29 is 4.74 Å². The number of nitrogens with one attached hydrogen (secondary N) is 2. The van der Waals surface area contributed by atoms with Gasteiger partial charge in [-0.1, -0.05) is 18.2 Å². The molecule has 7 nitrogen and oxygen atoms in total. The highest BCUT2D eigenvalue weighted by molar-refractivity contribution is 5.82. The minimum Gasteiger partial charge on any atom is -0.378 e. The maximum atomic E-state index is 5.44. The molecule has 1 saturated heterocycles. The Balaban J connectivity index is 1.56. The van der Waals surface area contributed by atoms with Crippen molar-refractivity contribution in [1.29, 1.82) is 0 Å². The molecule has 0 atom stereocenters. The number of aromatic nitrogens is 4. The van der Waals surface area contributed by atoms with Gasteiger partial charge >= 0.3 is 0 Å². The number of anilines is 2. The highest BCUT2D eigenvalue weighted by Gasteiger charge is 2.14. The summed E-state index contributed by atoms with van der Waals surface area (Å²) in [6, 6.07) is 8.44. The average Bonchev–Trinajstić information content (AvgIpc) is 3.10. The standard InChI is InChI=1S/C16H18N6O/c1-2-4-13(22-5-7-23-8-6-22)12(3-1)9-17-15-14-16(19-10-18-14)21-11-20-15/h1-4,10-11H,5-9H2,(H2,17,18,19,20,21). The second-order valence-electron chi connectivity index (χ2n) is 5.41. The lowest BCUT2D eigenvalue weighted by atomic mass is 10.1. The van der Waals surface area contributed by atoms with Crippen LogP contribution >= 0.6 is 0 Å². The molecule has 0 bridgehead atoms. The van der Waals surface area contributed by atoms with Crippen molar-refractivity contribution in [1.82, 2.24) is 19.9 Å². The lowest BCUT2D eigenvalue weighted by Gasteiger charge is -2.30.